The zero-order chi connectivity index (χ0) is 20.4. The Hall–Kier alpha value is -3.06. The van der Waals surface area contributed by atoms with Crippen LogP contribution in [0, 0.1) is 24.2 Å². The number of rotatable bonds is 10. The summed E-state index contributed by atoms with van der Waals surface area (Å²) in [7, 11) is 1.60. The number of hydrogen-bond acceptors (Lipinski definition) is 4. The van der Waals surface area contributed by atoms with Crippen LogP contribution in [-0.4, -0.2) is 18.9 Å². The van der Waals surface area contributed by atoms with Crippen molar-refractivity contribution in [2.24, 2.45) is 11.8 Å². The highest BCUT2D eigenvalue weighted by molar-refractivity contribution is 5.86. The monoisotopic (exact) mass is 378 g/mol. The maximum atomic E-state index is 12.7. The smallest absolute Gasteiger partial charge is 0.310 e. The minimum atomic E-state index is -0.551. The number of ketones is 1. The Morgan fingerprint density at radius 2 is 1.71 bits per heavy atom. The molecule has 0 aliphatic carbocycles. The number of Topliss-reactive ketones (excluding diaryl/α,β-unsaturated/α-hetero) is 1. The predicted molar refractivity (Wildman–Crippen MR) is 109 cm³/mol. The molecule has 0 amide bonds. The second-order valence-electron chi connectivity index (χ2n) is 6.82. The van der Waals surface area contributed by atoms with E-state index in [4.69, 9.17) is 15.9 Å². The molecule has 0 radical (unpaired) electrons. The highest BCUT2D eigenvalue weighted by atomic mass is 16.5. The molecule has 0 spiro atoms. The summed E-state index contributed by atoms with van der Waals surface area (Å²) in [5, 5.41) is 0. The predicted octanol–water partition coefficient (Wildman–Crippen LogP) is 4.22. The molecule has 0 bridgehead atoms. The van der Waals surface area contributed by atoms with Gasteiger partial charge in [-0.1, -0.05) is 49.4 Å². The minimum Gasteiger partial charge on any atom is -0.497 e. The van der Waals surface area contributed by atoms with E-state index < -0.39 is 5.92 Å². The van der Waals surface area contributed by atoms with Gasteiger partial charge >= 0.3 is 5.97 Å². The van der Waals surface area contributed by atoms with Crippen LogP contribution >= 0.6 is 0 Å². The molecular formula is C24H26O4. The summed E-state index contributed by atoms with van der Waals surface area (Å²) in [5.74, 6) is 2.03. The van der Waals surface area contributed by atoms with Crippen molar-refractivity contribution >= 4 is 11.8 Å². The zero-order valence-electron chi connectivity index (χ0n) is 16.4. The lowest BCUT2D eigenvalue weighted by atomic mass is 9.89. The number of methoxy groups -OCH3 is 1. The second-order valence-corrected chi connectivity index (χ2v) is 6.82. The van der Waals surface area contributed by atoms with E-state index in [2.05, 4.69) is 5.92 Å². The SMILES string of the molecule is C#CC[C@H](C)C(=O)C[C@@H](Cc1ccc(OC)cc1)C(=O)OCc1ccccc1. The van der Waals surface area contributed by atoms with Crippen molar-refractivity contribution in [1.29, 1.82) is 0 Å². The van der Waals surface area contributed by atoms with Crippen LogP contribution in [0.15, 0.2) is 54.6 Å². The Labute approximate surface area is 166 Å². The quantitative estimate of drug-likeness (QED) is 0.459. The van der Waals surface area contributed by atoms with Crippen LogP contribution in [-0.2, 0) is 27.4 Å². The van der Waals surface area contributed by atoms with E-state index in [1.165, 1.54) is 0 Å². The molecule has 0 heterocycles. The van der Waals surface area contributed by atoms with Crippen molar-refractivity contribution in [3.63, 3.8) is 0 Å². The van der Waals surface area contributed by atoms with Crippen LogP contribution < -0.4 is 4.74 Å². The van der Waals surface area contributed by atoms with Crippen LogP contribution in [0.3, 0.4) is 0 Å². The average Bonchev–Trinajstić information content (AvgIpc) is 2.73. The van der Waals surface area contributed by atoms with E-state index in [9.17, 15) is 9.59 Å². The van der Waals surface area contributed by atoms with Gasteiger partial charge in [0.15, 0.2) is 0 Å². The van der Waals surface area contributed by atoms with Gasteiger partial charge in [-0.2, -0.15) is 0 Å². The summed E-state index contributed by atoms with van der Waals surface area (Å²) in [5.41, 5.74) is 1.85. The molecule has 0 unspecified atom stereocenters. The van der Waals surface area contributed by atoms with Gasteiger partial charge < -0.3 is 9.47 Å². The molecule has 0 aliphatic heterocycles. The van der Waals surface area contributed by atoms with E-state index >= 15 is 0 Å². The van der Waals surface area contributed by atoms with Crippen molar-refractivity contribution in [3.8, 4) is 18.1 Å². The molecule has 0 aliphatic rings. The Morgan fingerprint density at radius 1 is 1.04 bits per heavy atom. The van der Waals surface area contributed by atoms with Gasteiger partial charge in [0.1, 0.15) is 18.1 Å². The topological polar surface area (TPSA) is 52.6 Å². The number of hydrogen-bond donors (Lipinski definition) is 0. The Bertz CT molecular complexity index is 803. The lowest BCUT2D eigenvalue weighted by molar-refractivity contribution is -0.151. The molecule has 4 nitrogen and oxygen atoms in total. The first-order valence-corrected chi connectivity index (χ1v) is 9.33. The molecule has 146 valence electrons. The summed E-state index contributed by atoms with van der Waals surface area (Å²) in [6, 6.07) is 16.9. The maximum Gasteiger partial charge on any atom is 0.310 e. The number of ether oxygens (including phenoxy) is 2. The fourth-order valence-corrected chi connectivity index (χ4v) is 2.87. The summed E-state index contributed by atoms with van der Waals surface area (Å²) in [6.07, 6.45) is 6.22. The van der Waals surface area contributed by atoms with Crippen LogP contribution in [0.4, 0.5) is 0 Å². The Morgan fingerprint density at radius 3 is 2.32 bits per heavy atom. The van der Waals surface area contributed by atoms with E-state index in [-0.39, 0.29) is 30.7 Å². The number of carbonyl (C=O) groups is 2. The summed E-state index contributed by atoms with van der Waals surface area (Å²) < 4.78 is 10.7. The second kappa shape index (κ2) is 10.9. The van der Waals surface area contributed by atoms with Crippen LogP contribution in [0.25, 0.3) is 0 Å². The molecular weight excluding hydrogens is 352 g/mol. The molecule has 2 aromatic rings. The first-order valence-electron chi connectivity index (χ1n) is 9.33. The third kappa shape index (κ3) is 6.59. The standard InChI is InChI=1S/C24H26O4/c1-4-8-18(2)23(25)16-21(15-19-11-13-22(27-3)14-12-19)24(26)28-17-20-9-6-5-7-10-20/h1,5-7,9-14,18,21H,8,15-17H2,2-3H3/t18-,21+/m0/s1. The number of esters is 1. The van der Waals surface area contributed by atoms with Gasteiger partial charge in [0.25, 0.3) is 0 Å². The zero-order valence-corrected chi connectivity index (χ0v) is 16.4. The third-order valence-corrected chi connectivity index (χ3v) is 4.62. The van der Waals surface area contributed by atoms with Crippen LogP contribution in [0.2, 0.25) is 0 Å². The van der Waals surface area contributed by atoms with Gasteiger partial charge in [0, 0.05) is 18.8 Å². The largest absolute Gasteiger partial charge is 0.497 e. The number of carbonyl (C=O) groups excluding carboxylic acids is 2. The summed E-state index contributed by atoms with van der Waals surface area (Å²) in [4.78, 5) is 25.2. The minimum absolute atomic E-state index is 0.0203. The Kier molecular flexibility index (Phi) is 8.30. The molecule has 0 aromatic heterocycles. The summed E-state index contributed by atoms with van der Waals surface area (Å²) in [6.45, 7) is 1.98. The molecule has 0 fully saturated rings. The Balaban J connectivity index is 2.08. The first kappa shape index (κ1) is 21.2. The van der Waals surface area contributed by atoms with E-state index in [0.717, 1.165) is 16.9 Å². The molecule has 0 saturated heterocycles. The van der Waals surface area contributed by atoms with Crippen LogP contribution in [0.1, 0.15) is 30.9 Å². The van der Waals surface area contributed by atoms with Crippen LogP contribution in [0.5, 0.6) is 5.75 Å². The molecule has 4 heteroatoms. The lowest BCUT2D eigenvalue weighted by Gasteiger charge is -2.17. The molecule has 2 rings (SSSR count). The van der Waals surface area contributed by atoms with Crippen molar-refractivity contribution < 1.29 is 19.1 Å². The number of benzene rings is 2. The number of terminal acetylenes is 1. The van der Waals surface area contributed by atoms with Gasteiger partial charge in [-0.25, -0.2) is 0 Å². The van der Waals surface area contributed by atoms with Crippen molar-refractivity contribution in [2.45, 2.75) is 32.8 Å². The molecule has 0 N–H and O–H groups in total. The fourth-order valence-electron chi connectivity index (χ4n) is 2.87. The maximum absolute atomic E-state index is 12.7. The average molecular weight is 378 g/mol. The summed E-state index contributed by atoms with van der Waals surface area (Å²) >= 11 is 0. The van der Waals surface area contributed by atoms with Gasteiger partial charge in [-0.3, -0.25) is 9.59 Å². The molecule has 0 saturated carbocycles. The van der Waals surface area contributed by atoms with Gasteiger partial charge in [0.2, 0.25) is 0 Å². The van der Waals surface area contributed by atoms with E-state index in [0.29, 0.717) is 12.8 Å². The van der Waals surface area contributed by atoms with Gasteiger partial charge in [-0.15, -0.1) is 12.3 Å². The lowest BCUT2D eigenvalue weighted by Crippen LogP contribution is -2.25. The normalized spacial score (nSPS) is 12.5. The van der Waals surface area contributed by atoms with Gasteiger partial charge in [0.05, 0.1) is 13.0 Å². The highest BCUT2D eigenvalue weighted by Gasteiger charge is 2.26. The van der Waals surface area contributed by atoms with Crippen molar-refractivity contribution in [1.82, 2.24) is 0 Å². The first-order chi connectivity index (χ1) is 13.5. The third-order valence-electron chi connectivity index (χ3n) is 4.62. The molecule has 2 atom stereocenters. The van der Waals surface area contributed by atoms with E-state index in [1.807, 2.05) is 54.6 Å². The van der Waals surface area contributed by atoms with Crippen molar-refractivity contribution in [3.05, 3.63) is 65.7 Å². The van der Waals surface area contributed by atoms with Crippen molar-refractivity contribution in [2.75, 3.05) is 7.11 Å². The molecule has 2 aromatic carbocycles. The highest BCUT2D eigenvalue weighted by Crippen LogP contribution is 2.21. The van der Waals surface area contributed by atoms with E-state index in [1.54, 1.807) is 14.0 Å². The molecule has 28 heavy (non-hydrogen) atoms. The van der Waals surface area contributed by atoms with Gasteiger partial charge in [-0.05, 0) is 29.7 Å². The fraction of sp³-hybridized carbons (Fsp3) is 0.333.